The molecule has 5 heteroatoms. The van der Waals surface area contributed by atoms with Crippen molar-refractivity contribution in [1.29, 1.82) is 0 Å². The molecule has 0 aliphatic rings. The number of nitrogen functional groups attached to an aromatic ring is 1. The third-order valence-electron chi connectivity index (χ3n) is 3.38. The number of hydrogen-bond donors (Lipinski definition) is 2. The van der Waals surface area contributed by atoms with Gasteiger partial charge in [0.1, 0.15) is 11.6 Å². The number of nitrogens with zero attached hydrogens (tertiary/aromatic N) is 1. The largest absolute Gasteiger partial charge is 0.383 e. The van der Waals surface area contributed by atoms with E-state index in [4.69, 9.17) is 17.3 Å². The highest BCUT2D eigenvalue weighted by Crippen LogP contribution is 2.20. The summed E-state index contributed by atoms with van der Waals surface area (Å²) in [6.45, 7) is 2.82. The van der Waals surface area contributed by atoms with Gasteiger partial charge in [-0.3, -0.25) is 0 Å². The van der Waals surface area contributed by atoms with E-state index in [2.05, 4.69) is 10.3 Å². The van der Waals surface area contributed by atoms with E-state index in [1.165, 1.54) is 0 Å². The second-order valence-corrected chi connectivity index (χ2v) is 5.33. The second kappa shape index (κ2) is 7.38. The molecule has 0 bridgehead atoms. The average molecular weight is 308 g/mol. The van der Waals surface area contributed by atoms with Crippen molar-refractivity contribution in [3.05, 3.63) is 58.5 Å². The molecule has 0 spiro atoms. The lowest BCUT2D eigenvalue weighted by molar-refractivity contribution is 0.506. The zero-order valence-electron chi connectivity index (χ0n) is 11.9. The van der Waals surface area contributed by atoms with Crippen LogP contribution in [0, 0.1) is 5.82 Å². The van der Waals surface area contributed by atoms with Gasteiger partial charge in [-0.2, -0.15) is 0 Å². The molecule has 1 atom stereocenters. The summed E-state index contributed by atoms with van der Waals surface area (Å²) in [6, 6.07) is 8.96. The predicted octanol–water partition coefficient (Wildman–Crippen LogP) is 3.22. The van der Waals surface area contributed by atoms with Crippen molar-refractivity contribution < 1.29 is 4.39 Å². The van der Waals surface area contributed by atoms with Crippen LogP contribution in [0.1, 0.15) is 18.1 Å². The van der Waals surface area contributed by atoms with Crippen LogP contribution in [0.5, 0.6) is 0 Å². The Balaban J connectivity index is 2.16. The molecule has 0 radical (unpaired) electrons. The molecule has 1 aromatic heterocycles. The molecule has 0 aliphatic heterocycles. The number of pyridine rings is 1. The Hall–Kier alpha value is -1.65. The lowest BCUT2D eigenvalue weighted by atomic mass is 9.99. The lowest BCUT2D eigenvalue weighted by Crippen LogP contribution is -2.33. The van der Waals surface area contributed by atoms with Gasteiger partial charge in [-0.05, 0) is 42.6 Å². The number of rotatable bonds is 6. The first kappa shape index (κ1) is 15.7. The van der Waals surface area contributed by atoms with Gasteiger partial charge in [-0.25, -0.2) is 9.37 Å². The summed E-state index contributed by atoms with van der Waals surface area (Å²) in [6.07, 6.45) is 2.91. The van der Waals surface area contributed by atoms with E-state index in [0.717, 1.165) is 12.1 Å². The Bertz CT molecular complexity index is 604. The molecule has 0 fully saturated rings. The third-order valence-corrected chi connectivity index (χ3v) is 3.68. The van der Waals surface area contributed by atoms with Crippen molar-refractivity contribution >= 4 is 17.4 Å². The molecule has 0 saturated heterocycles. The Labute approximate surface area is 129 Å². The smallest absolute Gasteiger partial charge is 0.145 e. The second-order valence-electron chi connectivity index (χ2n) is 4.92. The van der Waals surface area contributed by atoms with Crippen LogP contribution in [-0.4, -0.2) is 17.6 Å². The van der Waals surface area contributed by atoms with E-state index in [1.807, 2.05) is 19.1 Å². The molecule has 1 heterocycles. The molecule has 2 rings (SSSR count). The van der Waals surface area contributed by atoms with Gasteiger partial charge in [-0.15, -0.1) is 0 Å². The third kappa shape index (κ3) is 4.16. The summed E-state index contributed by atoms with van der Waals surface area (Å²) in [5.41, 5.74) is 7.45. The van der Waals surface area contributed by atoms with Gasteiger partial charge in [-0.1, -0.05) is 36.7 Å². The van der Waals surface area contributed by atoms with E-state index in [0.29, 0.717) is 24.2 Å². The van der Waals surface area contributed by atoms with E-state index in [9.17, 15) is 4.39 Å². The Morgan fingerprint density at radius 1 is 1.24 bits per heavy atom. The van der Waals surface area contributed by atoms with Crippen molar-refractivity contribution in [2.24, 2.45) is 0 Å². The fraction of sp³-hybridized carbons (Fsp3) is 0.312. The van der Waals surface area contributed by atoms with Crippen LogP contribution in [-0.2, 0) is 12.8 Å². The maximum Gasteiger partial charge on any atom is 0.145 e. The molecule has 21 heavy (non-hydrogen) atoms. The molecule has 1 aromatic carbocycles. The number of hydrogen-bond acceptors (Lipinski definition) is 3. The number of aromatic nitrogens is 1. The summed E-state index contributed by atoms with van der Waals surface area (Å²) in [5, 5.41) is 3.52. The number of nitrogens with one attached hydrogen (secondary N) is 1. The Morgan fingerprint density at radius 2 is 1.95 bits per heavy atom. The highest BCUT2D eigenvalue weighted by Gasteiger charge is 2.15. The summed E-state index contributed by atoms with van der Waals surface area (Å²) in [4.78, 5) is 4.09. The van der Waals surface area contributed by atoms with Crippen LogP contribution in [0.25, 0.3) is 0 Å². The number of anilines is 1. The maximum absolute atomic E-state index is 14.0. The van der Waals surface area contributed by atoms with Crippen molar-refractivity contribution in [2.45, 2.75) is 25.8 Å². The van der Waals surface area contributed by atoms with Crippen LogP contribution in [0.15, 0.2) is 36.5 Å². The summed E-state index contributed by atoms with van der Waals surface area (Å²) in [7, 11) is 0. The lowest BCUT2D eigenvalue weighted by Gasteiger charge is -2.19. The Kier molecular flexibility index (Phi) is 5.53. The Morgan fingerprint density at radius 3 is 2.67 bits per heavy atom. The van der Waals surface area contributed by atoms with Crippen molar-refractivity contribution in [2.75, 3.05) is 12.3 Å². The van der Waals surface area contributed by atoms with Crippen LogP contribution >= 0.6 is 11.6 Å². The minimum atomic E-state index is -0.346. The monoisotopic (exact) mass is 307 g/mol. The SMILES string of the molecule is CCNC(Cc1cccnc1N)Cc1cccc(Cl)c1F. The fourth-order valence-corrected chi connectivity index (χ4v) is 2.56. The van der Waals surface area contributed by atoms with Crippen molar-refractivity contribution in [3.63, 3.8) is 0 Å². The van der Waals surface area contributed by atoms with E-state index >= 15 is 0 Å². The average Bonchev–Trinajstić information content (AvgIpc) is 2.46. The standard InChI is InChI=1S/C16H19ClFN3/c1-2-20-13(10-12-6-4-8-21-16(12)19)9-11-5-3-7-14(17)15(11)18/h3-8,13,20H,2,9-10H2,1H3,(H2,19,21). The molecule has 0 aliphatic carbocycles. The van der Waals surface area contributed by atoms with Gasteiger partial charge in [0.25, 0.3) is 0 Å². The van der Waals surface area contributed by atoms with Gasteiger partial charge >= 0.3 is 0 Å². The van der Waals surface area contributed by atoms with E-state index in [1.54, 1.807) is 24.4 Å². The zero-order chi connectivity index (χ0) is 15.2. The van der Waals surface area contributed by atoms with Crippen LogP contribution in [0.2, 0.25) is 5.02 Å². The van der Waals surface area contributed by atoms with Gasteiger partial charge < -0.3 is 11.1 Å². The molecule has 1 unspecified atom stereocenters. The molecular weight excluding hydrogens is 289 g/mol. The van der Waals surface area contributed by atoms with Gasteiger partial charge in [0.2, 0.25) is 0 Å². The zero-order valence-corrected chi connectivity index (χ0v) is 12.7. The summed E-state index contributed by atoms with van der Waals surface area (Å²) >= 11 is 5.83. The van der Waals surface area contributed by atoms with E-state index < -0.39 is 0 Å². The number of likely N-dealkylation sites (N-methyl/N-ethyl adjacent to an activating group) is 1. The molecule has 0 amide bonds. The van der Waals surface area contributed by atoms with Gasteiger partial charge in [0.15, 0.2) is 0 Å². The molecule has 3 N–H and O–H groups in total. The first-order chi connectivity index (χ1) is 10.1. The number of halogens is 2. The van der Waals surface area contributed by atoms with Crippen LogP contribution < -0.4 is 11.1 Å². The first-order valence-electron chi connectivity index (χ1n) is 6.97. The molecule has 112 valence electrons. The quantitative estimate of drug-likeness (QED) is 0.861. The van der Waals surface area contributed by atoms with Gasteiger partial charge in [0, 0.05) is 12.2 Å². The van der Waals surface area contributed by atoms with Crippen LogP contribution in [0.3, 0.4) is 0 Å². The molecule has 0 saturated carbocycles. The van der Waals surface area contributed by atoms with Crippen LogP contribution in [0.4, 0.5) is 10.2 Å². The first-order valence-corrected chi connectivity index (χ1v) is 7.35. The highest BCUT2D eigenvalue weighted by atomic mass is 35.5. The van der Waals surface area contributed by atoms with Crippen molar-refractivity contribution in [1.82, 2.24) is 10.3 Å². The number of benzene rings is 1. The highest BCUT2D eigenvalue weighted by molar-refractivity contribution is 6.30. The predicted molar refractivity (Wildman–Crippen MR) is 84.9 cm³/mol. The summed E-state index contributed by atoms with van der Waals surface area (Å²) < 4.78 is 14.0. The fourth-order valence-electron chi connectivity index (χ4n) is 2.37. The molecular formula is C16H19ClFN3. The normalized spacial score (nSPS) is 12.3. The minimum absolute atomic E-state index is 0.0782. The topological polar surface area (TPSA) is 50.9 Å². The van der Waals surface area contributed by atoms with Gasteiger partial charge in [0.05, 0.1) is 5.02 Å². The molecule has 3 nitrogen and oxygen atoms in total. The van der Waals surface area contributed by atoms with E-state index in [-0.39, 0.29) is 16.9 Å². The number of nitrogens with two attached hydrogens (primary N) is 1. The summed E-state index contributed by atoms with van der Waals surface area (Å²) in [5.74, 6) is 0.174. The van der Waals surface area contributed by atoms with Crippen molar-refractivity contribution in [3.8, 4) is 0 Å². The molecule has 2 aromatic rings. The minimum Gasteiger partial charge on any atom is -0.383 e. The maximum atomic E-state index is 14.0.